The molecule has 2 aromatic carbocycles. The number of benzene rings is 2. The van der Waals surface area contributed by atoms with Crippen molar-refractivity contribution in [1.82, 2.24) is 0 Å². The minimum Gasteiger partial charge on any atom is -1.00 e. The molecule has 0 saturated carbocycles. The highest BCUT2D eigenvalue weighted by Gasteiger charge is 2.39. The fourth-order valence-electron chi connectivity index (χ4n) is 2.32. The molecule has 0 saturated heterocycles. The van der Waals surface area contributed by atoms with E-state index >= 15 is 0 Å². The van der Waals surface area contributed by atoms with Gasteiger partial charge >= 0.3 is 0 Å². The third-order valence-corrected chi connectivity index (χ3v) is 6.86. The summed E-state index contributed by atoms with van der Waals surface area (Å²) < 4.78 is 6.41. The summed E-state index contributed by atoms with van der Waals surface area (Å²) in [7, 11) is -1.71. The molecule has 1 nitrogen and oxygen atoms in total. The van der Waals surface area contributed by atoms with Crippen molar-refractivity contribution in [2.75, 3.05) is 13.3 Å². The van der Waals surface area contributed by atoms with Crippen molar-refractivity contribution in [1.29, 1.82) is 0 Å². The summed E-state index contributed by atoms with van der Waals surface area (Å²) in [5.41, 5.74) is 0. The minimum atomic E-state index is -1.71. The molecule has 0 atom stereocenters. The number of rotatable bonds is 7. The number of hydrogen-bond acceptors (Lipinski definition) is 1. The van der Waals surface area contributed by atoms with Crippen LogP contribution in [0, 0.1) is 0 Å². The first-order valence-electron chi connectivity index (χ1n) is 7.39. The van der Waals surface area contributed by atoms with Gasteiger partial charge in [-0.25, -0.2) is 4.52 Å². The topological polar surface area (TPSA) is 9.23 Å². The largest absolute Gasteiger partial charge is 1.00 e. The molecule has 0 bridgehead atoms. The lowest BCUT2D eigenvalue weighted by Crippen LogP contribution is -3.00. The van der Waals surface area contributed by atoms with Crippen molar-refractivity contribution in [2.24, 2.45) is 0 Å². The Labute approximate surface area is 146 Å². The van der Waals surface area contributed by atoms with Gasteiger partial charge in [0.2, 0.25) is 7.49 Å². The van der Waals surface area contributed by atoms with Crippen LogP contribution in [-0.4, -0.2) is 13.3 Å². The lowest BCUT2D eigenvalue weighted by atomic mass is 10.3. The predicted octanol–water partition coefficient (Wildman–Crippen LogP) is 1.41. The Morgan fingerprint density at radius 2 is 1.29 bits per heavy atom. The highest BCUT2D eigenvalue weighted by molar-refractivity contribution is 7.84. The van der Waals surface area contributed by atoms with E-state index in [1.807, 2.05) is 0 Å². The second-order valence-electron chi connectivity index (χ2n) is 5.14. The van der Waals surface area contributed by atoms with Crippen LogP contribution in [0.25, 0.3) is 0 Å². The third-order valence-electron chi connectivity index (χ3n) is 3.60. The maximum Gasteiger partial charge on any atom is 0.207 e. The smallest absolute Gasteiger partial charge is 0.207 e. The standard InChI is InChI=1S/C18H24OP.HI/c1-3-4-11-16-19-20(2,17-12-7-5-8-13-17)18-14-9-6-10-15-18;/h5-10,12-15H,3-4,11,16H2,1-2H3;1H/q+1;/p-1. The van der Waals surface area contributed by atoms with Crippen LogP contribution in [-0.2, 0) is 4.52 Å². The molecule has 114 valence electrons. The molecule has 0 aliphatic heterocycles. The van der Waals surface area contributed by atoms with E-state index in [0.29, 0.717) is 0 Å². The summed E-state index contributed by atoms with van der Waals surface area (Å²) in [5.74, 6) is 0. The van der Waals surface area contributed by atoms with Crippen molar-refractivity contribution in [3.05, 3.63) is 60.7 Å². The molecule has 0 aromatic heterocycles. The first kappa shape index (κ1) is 18.6. The van der Waals surface area contributed by atoms with Gasteiger partial charge in [0.15, 0.2) is 0 Å². The maximum atomic E-state index is 6.41. The van der Waals surface area contributed by atoms with Crippen molar-refractivity contribution in [3.8, 4) is 0 Å². The van der Waals surface area contributed by atoms with Gasteiger partial charge in [-0.2, -0.15) is 0 Å². The van der Waals surface area contributed by atoms with E-state index in [0.717, 1.165) is 13.0 Å². The lowest BCUT2D eigenvalue weighted by Gasteiger charge is -2.21. The van der Waals surface area contributed by atoms with Gasteiger partial charge in [-0.3, -0.25) is 0 Å². The van der Waals surface area contributed by atoms with Gasteiger partial charge in [-0.05, 0) is 30.7 Å². The number of unbranched alkanes of at least 4 members (excludes halogenated alkanes) is 2. The molecule has 0 N–H and O–H groups in total. The van der Waals surface area contributed by atoms with Crippen LogP contribution in [0.2, 0.25) is 0 Å². The van der Waals surface area contributed by atoms with Gasteiger partial charge in [-0.15, -0.1) is 0 Å². The summed E-state index contributed by atoms with van der Waals surface area (Å²) in [4.78, 5) is 0. The number of halogens is 1. The van der Waals surface area contributed by atoms with Crippen LogP contribution in [0.15, 0.2) is 60.7 Å². The summed E-state index contributed by atoms with van der Waals surface area (Å²) in [6.45, 7) is 5.36. The van der Waals surface area contributed by atoms with E-state index in [9.17, 15) is 0 Å². The van der Waals surface area contributed by atoms with Gasteiger partial charge in [-0.1, -0.05) is 56.2 Å². The zero-order valence-corrected chi connectivity index (χ0v) is 15.9. The van der Waals surface area contributed by atoms with E-state index in [1.54, 1.807) is 0 Å². The lowest BCUT2D eigenvalue weighted by molar-refractivity contribution is -0.00000484. The van der Waals surface area contributed by atoms with E-state index < -0.39 is 7.49 Å². The molecule has 2 aromatic rings. The fraction of sp³-hybridized carbons (Fsp3) is 0.333. The average molecular weight is 414 g/mol. The molecule has 0 aliphatic rings. The molecule has 2 rings (SSSR count). The Balaban J connectivity index is 0.00000220. The molecule has 0 unspecified atom stereocenters. The summed E-state index contributed by atoms with van der Waals surface area (Å²) >= 11 is 0. The molecule has 21 heavy (non-hydrogen) atoms. The molecule has 0 radical (unpaired) electrons. The van der Waals surface area contributed by atoms with E-state index in [4.69, 9.17) is 4.52 Å². The van der Waals surface area contributed by atoms with Gasteiger partial charge in [0.1, 0.15) is 10.6 Å². The number of hydrogen-bond donors (Lipinski definition) is 0. The van der Waals surface area contributed by atoms with Crippen molar-refractivity contribution >= 4 is 18.1 Å². The van der Waals surface area contributed by atoms with Crippen molar-refractivity contribution in [2.45, 2.75) is 26.2 Å². The third kappa shape index (κ3) is 5.05. The fourth-order valence-corrected chi connectivity index (χ4v) is 4.89. The van der Waals surface area contributed by atoms with E-state index in [-0.39, 0.29) is 24.0 Å². The molecule has 0 heterocycles. The molecule has 0 spiro atoms. The zero-order chi connectivity index (χ0) is 14.3. The maximum absolute atomic E-state index is 6.41. The van der Waals surface area contributed by atoms with Gasteiger partial charge in [0.05, 0.1) is 13.3 Å². The summed E-state index contributed by atoms with van der Waals surface area (Å²) in [6.07, 6.45) is 3.62. The van der Waals surface area contributed by atoms with Gasteiger partial charge < -0.3 is 24.0 Å². The molecule has 0 amide bonds. The van der Waals surface area contributed by atoms with E-state index in [2.05, 4.69) is 74.3 Å². The second kappa shape index (κ2) is 9.55. The zero-order valence-electron chi connectivity index (χ0n) is 12.8. The van der Waals surface area contributed by atoms with Crippen LogP contribution in [0.1, 0.15) is 26.2 Å². The first-order chi connectivity index (χ1) is 9.77. The Morgan fingerprint density at radius 1 is 0.810 bits per heavy atom. The SMILES string of the molecule is CCCCCO[P+](C)(c1ccccc1)c1ccccc1.[I-]. The van der Waals surface area contributed by atoms with Gasteiger partial charge in [0.25, 0.3) is 0 Å². The Kier molecular flexibility index (Phi) is 8.46. The normalized spacial score (nSPS) is 11.0. The van der Waals surface area contributed by atoms with Crippen molar-refractivity contribution in [3.63, 3.8) is 0 Å². The molecule has 0 aliphatic carbocycles. The quantitative estimate of drug-likeness (QED) is 0.378. The molecule has 0 fully saturated rings. The Hall–Kier alpha value is -0.440. The second-order valence-corrected chi connectivity index (χ2v) is 8.27. The van der Waals surface area contributed by atoms with Crippen LogP contribution in [0.5, 0.6) is 0 Å². The molecular formula is C18H24IOP. The van der Waals surface area contributed by atoms with Crippen LogP contribution >= 0.6 is 7.49 Å². The monoisotopic (exact) mass is 414 g/mol. The minimum absolute atomic E-state index is 0. The molecular weight excluding hydrogens is 390 g/mol. The van der Waals surface area contributed by atoms with Crippen LogP contribution in [0.3, 0.4) is 0 Å². The highest BCUT2D eigenvalue weighted by atomic mass is 127. The van der Waals surface area contributed by atoms with E-state index in [1.165, 1.54) is 23.5 Å². The highest BCUT2D eigenvalue weighted by Crippen LogP contribution is 2.53. The summed E-state index contributed by atoms with van der Waals surface area (Å²) in [6, 6.07) is 21.3. The van der Waals surface area contributed by atoms with Gasteiger partial charge in [0, 0.05) is 0 Å². The Morgan fingerprint density at radius 3 is 1.71 bits per heavy atom. The van der Waals surface area contributed by atoms with Crippen LogP contribution < -0.4 is 34.6 Å². The summed E-state index contributed by atoms with van der Waals surface area (Å²) in [5, 5.41) is 2.64. The Bertz CT molecular complexity index is 462. The van der Waals surface area contributed by atoms with Crippen molar-refractivity contribution < 1.29 is 28.5 Å². The molecule has 3 heteroatoms. The van der Waals surface area contributed by atoms with Crippen LogP contribution in [0.4, 0.5) is 0 Å². The average Bonchev–Trinajstić information content (AvgIpc) is 2.53. The predicted molar refractivity (Wildman–Crippen MR) is 90.5 cm³/mol. The first-order valence-corrected chi connectivity index (χ1v) is 9.55.